The molecule has 3 atom stereocenters. The van der Waals surface area contributed by atoms with Gasteiger partial charge in [-0.05, 0) is 43.2 Å². The lowest BCUT2D eigenvalue weighted by Crippen LogP contribution is -2.41. The molecule has 1 aliphatic heterocycles. The van der Waals surface area contributed by atoms with E-state index in [0.29, 0.717) is 5.92 Å². The Balaban J connectivity index is 1.61. The second-order valence-electron chi connectivity index (χ2n) is 6.86. The largest absolute Gasteiger partial charge is 0.269 e. The Labute approximate surface area is 130 Å². The van der Waals surface area contributed by atoms with E-state index in [9.17, 15) is 13.2 Å². The summed E-state index contributed by atoms with van der Waals surface area (Å²) in [7, 11) is -3.46. The Bertz CT molecular complexity index is 740. The lowest BCUT2D eigenvalue weighted by Gasteiger charge is -2.30. The highest BCUT2D eigenvalue weighted by Crippen LogP contribution is 2.60. The number of hydrogen-bond acceptors (Lipinski definition) is 3. The number of fused-ring (bicyclic) bond motifs is 1. The molecule has 0 radical (unpaired) electrons. The topological polar surface area (TPSA) is 54.5 Å². The van der Waals surface area contributed by atoms with E-state index in [0.717, 1.165) is 31.2 Å². The number of carbonyl (C=O) groups excluding carboxylic acids is 1. The van der Waals surface area contributed by atoms with Crippen molar-refractivity contribution < 1.29 is 13.2 Å². The molecule has 3 aliphatic rings. The molecule has 3 unspecified atom stereocenters. The fraction of sp³-hybridized carbons (Fsp3) is 0.471. The monoisotopic (exact) mass is 317 g/mol. The van der Waals surface area contributed by atoms with Crippen molar-refractivity contribution in [2.45, 2.75) is 31.7 Å². The molecule has 4 nitrogen and oxygen atoms in total. The van der Waals surface area contributed by atoms with E-state index >= 15 is 0 Å². The first-order chi connectivity index (χ1) is 10.5. The van der Waals surface area contributed by atoms with Gasteiger partial charge in [0.15, 0.2) is 0 Å². The van der Waals surface area contributed by atoms with E-state index < -0.39 is 15.9 Å². The molecule has 22 heavy (non-hydrogen) atoms. The predicted octanol–water partition coefficient (Wildman–Crippen LogP) is 2.43. The lowest BCUT2D eigenvalue weighted by molar-refractivity contribution is -0.123. The normalized spacial score (nSPS) is 35.2. The number of benzene rings is 1. The fourth-order valence-electron chi connectivity index (χ4n) is 4.63. The summed E-state index contributed by atoms with van der Waals surface area (Å²) in [6, 6.07) is 9.36. The molecule has 2 bridgehead atoms. The van der Waals surface area contributed by atoms with Crippen molar-refractivity contribution in [2.24, 2.45) is 11.3 Å². The van der Waals surface area contributed by atoms with E-state index in [1.807, 2.05) is 30.3 Å². The van der Waals surface area contributed by atoms with Gasteiger partial charge in [-0.25, -0.2) is 12.7 Å². The number of amides is 1. The molecule has 2 saturated carbocycles. The lowest BCUT2D eigenvalue weighted by atomic mass is 9.82. The van der Waals surface area contributed by atoms with Crippen LogP contribution in [0.25, 0.3) is 6.08 Å². The van der Waals surface area contributed by atoms with Crippen LogP contribution in [0, 0.1) is 11.3 Å². The van der Waals surface area contributed by atoms with Gasteiger partial charge < -0.3 is 0 Å². The zero-order chi connectivity index (χ0) is 15.4. The number of rotatable bonds is 2. The van der Waals surface area contributed by atoms with Crippen molar-refractivity contribution >= 4 is 22.0 Å². The van der Waals surface area contributed by atoms with Gasteiger partial charge in [-0.3, -0.25) is 4.79 Å². The van der Waals surface area contributed by atoms with Crippen LogP contribution in [0.3, 0.4) is 0 Å². The highest BCUT2D eigenvalue weighted by molar-refractivity contribution is 7.90. The zero-order valence-electron chi connectivity index (χ0n) is 12.3. The molecule has 3 fully saturated rings. The number of hydrogen-bond donors (Lipinski definition) is 0. The van der Waals surface area contributed by atoms with E-state index in [2.05, 4.69) is 0 Å². The fourth-order valence-corrected chi connectivity index (χ4v) is 6.99. The van der Waals surface area contributed by atoms with Gasteiger partial charge in [-0.15, -0.1) is 0 Å². The SMILES string of the molecule is O=C(/C=C/c1ccccc1)N1C2CC3CCC2(C3)CS1(=O)=O. The average molecular weight is 317 g/mol. The molecule has 1 heterocycles. The van der Waals surface area contributed by atoms with Crippen LogP contribution in [0.5, 0.6) is 0 Å². The van der Waals surface area contributed by atoms with Crippen LogP contribution in [0.2, 0.25) is 0 Å². The quantitative estimate of drug-likeness (QED) is 0.787. The summed E-state index contributed by atoms with van der Waals surface area (Å²) in [4.78, 5) is 12.5. The molecule has 4 rings (SSSR count). The summed E-state index contributed by atoms with van der Waals surface area (Å²) in [6.07, 6.45) is 6.99. The maximum absolute atomic E-state index is 12.5. The van der Waals surface area contributed by atoms with Gasteiger partial charge in [-0.1, -0.05) is 30.3 Å². The van der Waals surface area contributed by atoms with Crippen LogP contribution in [0.1, 0.15) is 31.2 Å². The molecule has 0 N–H and O–H groups in total. The van der Waals surface area contributed by atoms with E-state index in [4.69, 9.17) is 0 Å². The van der Waals surface area contributed by atoms with Gasteiger partial charge in [0, 0.05) is 11.5 Å². The molecule has 5 heteroatoms. The van der Waals surface area contributed by atoms with Crippen molar-refractivity contribution in [1.82, 2.24) is 4.31 Å². The molecule has 1 saturated heterocycles. The van der Waals surface area contributed by atoms with E-state index in [1.165, 1.54) is 10.4 Å². The first kappa shape index (κ1) is 14.0. The van der Waals surface area contributed by atoms with Gasteiger partial charge in [0.05, 0.1) is 11.8 Å². The Morgan fingerprint density at radius 1 is 1.27 bits per heavy atom. The highest BCUT2D eigenvalue weighted by atomic mass is 32.2. The maximum atomic E-state index is 12.5. The first-order valence-corrected chi connectivity index (χ1v) is 9.40. The smallest absolute Gasteiger partial charge is 0.260 e. The molecule has 1 aromatic rings. The predicted molar refractivity (Wildman–Crippen MR) is 84.3 cm³/mol. The Hall–Kier alpha value is -1.62. The maximum Gasteiger partial charge on any atom is 0.260 e. The molecular weight excluding hydrogens is 298 g/mol. The van der Waals surface area contributed by atoms with E-state index in [1.54, 1.807) is 6.08 Å². The summed E-state index contributed by atoms with van der Waals surface area (Å²) >= 11 is 0. The van der Waals surface area contributed by atoms with Gasteiger partial charge in [-0.2, -0.15) is 0 Å². The van der Waals surface area contributed by atoms with Crippen LogP contribution < -0.4 is 0 Å². The molecule has 116 valence electrons. The molecular formula is C17H19NO3S. The van der Waals surface area contributed by atoms with Gasteiger partial charge in [0.25, 0.3) is 5.91 Å². The van der Waals surface area contributed by atoms with Crippen LogP contribution in [0.4, 0.5) is 0 Å². The van der Waals surface area contributed by atoms with Gasteiger partial charge in [0.1, 0.15) is 0 Å². The third kappa shape index (κ3) is 2.02. The third-order valence-corrected chi connectivity index (χ3v) is 7.47. The standard InChI is InChI=1S/C17H19NO3S/c19-16(7-6-13-4-2-1-3-5-13)18-15-10-14-8-9-17(15,11-14)12-22(18,20)21/h1-7,14-15H,8-12H2/b7-6+. The average Bonchev–Trinajstić information content (AvgIpc) is 3.09. The summed E-state index contributed by atoms with van der Waals surface area (Å²) < 4.78 is 26.2. The number of nitrogens with zero attached hydrogens (tertiary/aromatic N) is 1. The minimum Gasteiger partial charge on any atom is -0.269 e. The number of carbonyl (C=O) groups is 1. The van der Waals surface area contributed by atoms with Crippen LogP contribution in [0.15, 0.2) is 36.4 Å². The van der Waals surface area contributed by atoms with Crippen LogP contribution in [-0.4, -0.2) is 30.4 Å². The Kier molecular flexibility index (Phi) is 2.98. The third-order valence-electron chi connectivity index (χ3n) is 5.50. The van der Waals surface area contributed by atoms with Crippen LogP contribution in [-0.2, 0) is 14.8 Å². The van der Waals surface area contributed by atoms with Crippen LogP contribution >= 0.6 is 0 Å². The van der Waals surface area contributed by atoms with E-state index in [-0.39, 0.29) is 17.2 Å². The van der Waals surface area contributed by atoms with Gasteiger partial charge in [0.2, 0.25) is 10.0 Å². The first-order valence-electron chi connectivity index (χ1n) is 7.79. The van der Waals surface area contributed by atoms with Crippen molar-refractivity contribution in [2.75, 3.05) is 5.75 Å². The second kappa shape index (κ2) is 4.69. The molecule has 0 aromatic heterocycles. The Morgan fingerprint density at radius 2 is 2.05 bits per heavy atom. The zero-order valence-corrected chi connectivity index (χ0v) is 13.1. The van der Waals surface area contributed by atoms with Crippen molar-refractivity contribution in [1.29, 1.82) is 0 Å². The summed E-state index contributed by atoms with van der Waals surface area (Å²) in [5.74, 6) is 0.374. The summed E-state index contributed by atoms with van der Waals surface area (Å²) in [5.41, 5.74) is 0.745. The summed E-state index contributed by atoms with van der Waals surface area (Å²) in [6.45, 7) is 0. The molecule has 1 spiro atoms. The minimum atomic E-state index is -3.46. The molecule has 1 aromatic carbocycles. The Morgan fingerprint density at radius 3 is 2.77 bits per heavy atom. The number of sulfonamides is 1. The van der Waals surface area contributed by atoms with Crippen molar-refractivity contribution in [3.8, 4) is 0 Å². The van der Waals surface area contributed by atoms with Crippen molar-refractivity contribution in [3.63, 3.8) is 0 Å². The van der Waals surface area contributed by atoms with Crippen molar-refractivity contribution in [3.05, 3.63) is 42.0 Å². The minimum absolute atomic E-state index is 0.107. The molecule has 1 amide bonds. The summed E-state index contributed by atoms with van der Waals surface area (Å²) in [5, 5.41) is 0. The second-order valence-corrected chi connectivity index (χ2v) is 8.70. The van der Waals surface area contributed by atoms with Gasteiger partial charge >= 0.3 is 0 Å². The molecule has 2 aliphatic carbocycles. The highest BCUT2D eigenvalue weighted by Gasteiger charge is 2.63.